The second-order valence-corrected chi connectivity index (χ2v) is 5.96. The lowest BCUT2D eigenvalue weighted by molar-refractivity contribution is 0.405. The van der Waals surface area contributed by atoms with Crippen LogP contribution in [0.5, 0.6) is 5.75 Å². The van der Waals surface area contributed by atoms with Crippen molar-refractivity contribution in [2.45, 2.75) is 18.4 Å². The zero-order valence-electron chi connectivity index (χ0n) is 12.4. The molecular weight excluding hydrogens is 277 g/mol. The van der Waals surface area contributed by atoms with Crippen molar-refractivity contribution in [2.24, 2.45) is 5.92 Å². The van der Waals surface area contributed by atoms with Crippen molar-refractivity contribution >= 4 is 5.69 Å². The van der Waals surface area contributed by atoms with Crippen LogP contribution in [0.2, 0.25) is 0 Å². The third-order valence-electron chi connectivity index (χ3n) is 4.80. The van der Waals surface area contributed by atoms with Gasteiger partial charge in [-0.2, -0.15) is 0 Å². The lowest BCUT2D eigenvalue weighted by atomic mass is 9.77. The van der Waals surface area contributed by atoms with Gasteiger partial charge in [-0.1, -0.05) is 36.4 Å². The van der Waals surface area contributed by atoms with Crippen LogP contribution in [-0.4, -0.2) is 7.11 Å². The second kappa shape index (κ2) is 5.16. The summed E-state index contributed by atoms with van der Waals surface area (Å²) < 4.78 is 19.6. The molecule has 3 atom stereocenters. The van der Waals surface area contributed by atoms with Crippen molar-refractivity contribution in [3.05, 3.63) is 71.6 Å². The zero-order chi connectivity index (χ0) is 15.1. The first-order chi connectivity index (χ1) is 10.8. The van der Waals surface area contributed by atoms with Crippen LogP contribution in [0.15, 0.2) is 54.6 Å². The molecule has 0 radical (unpaired) electrons. The SMILES string of the molecule is COc1cccc([C@@H]2Nc3c(F)cccc3[C@@H]3C=CC[C@@H]32)c1. The van der Waals surface area contributed by atoms with Crippen molar-refractivity contribution in [3.63, 3.8) is 0 Å². The normalized spacial score (nSPS) is 25.3. The van der Waals surface area contributed by atoms with Crippen LogP contribution in [0.1, 0.15) is 29.5 Å². The Morgan fingerprint density at radius 1 is 1.18 bits per heavy atom. The van der Waals surface area contributed by atoms with Gasteiger partial charge in [0, 0.05) is 5.92 Å². The first-order valence-electron chi connectivity index (χ1n) is 7.63. The highest BCUT2D eigenvalue weighted by Crippen LogP contribution is 2.50. The van der Waals surface area contributed by atoms with Gasteiger partial charge in [0.1, 0.15) is 11.6 Å². The average Bonchev–Trinajstić information content (AvgIpc) is 3.04. The van der Waals surface area contributed by atoms with Gasteiger partial charge >= 0.3 is 0 Å². The summed E-state index contributed by atoms with van der Waals surface area (Å²) >= 11 is 0. The predicted octanol–water partition coefficient (Wildman–Crippen LogP) is 4.66. The maximum absolute atomic E-state index is 14.3. The molecule has 1 heterocycles. The van der Waals surface area contributed by atoms with E-state index in [1.54, 1.807) is 13.2 Å². The Hall–Kier alpha value is -2.29. The van der Waals surface area contributed by atoms with Crippen LogP contribution >= 0.6 is 0 Å². The van der Waals surface area contributed by atoms with Crippen LogP contribution in [-0.2, 0) is 0 Å². The molecule has 1 N–H and O–H groups in total. The third-order valence-corrected chi connectivity index (χ3v) is 4.80. The minimum absolute atomic E-state index is 0.0968. The summed E-state index contributed by atoms with van der Waals surface area (Å²) in [6.07, 6.45) is 5.44. The average molecular weight is 295 g/mol. The van der Waals surface area contributed by atoms with E-state index in [1.165, 1.54) is 6.07 Å². The maximum atomic E-state index is 14.3. The summed E-state index contributed by atoms with van der Waals surface area (Å²) in [5.74, 6) is 1.36. The summed E-state index contributed by atoms with van der Waals surface area (Å²) in [7, 11) is 1.67. The van der Waals surface area contributed by atoms with E-state index in [1.807, 2.05) is 24.3 Å². The molecule has 0 unspecified atom stereocenters. The number of nitrogens with one attached hydrogen (secondary N) is 1. The predicted molar refractivity (Wildman–Crippen MR) is 85.7 cm³/mol. The summed E-state index contributed by atoms with van der Waals surface area (Å²) in [4.78, 5) is 0. The number of rotatable bonds is 2. The van der Waals surface area contributed by atoms with Crippen molar-refractivity contribution in [1.29, 1.82) is 0 Å². The van der Waals surface area contributed by atoms with Gasteiger partial charge in [0.25, 0.3) is 0 Å². The van der Waals surface area contributed by atoms with Crippen molar-refractivity contribution in [3.8, 4) is 5.75 Å². The molecule has 3 heteroatoms. The molecule has 0 saturated heterocycles. The maximum Gasteiger partial charge on any atom is 0.146 e. The minimum atomic E-state index is -0.177. The Balaban J connectivity index is 1.80. The lowest BCUT2D eigenvalue weighted by Crippen LogP contribution is -2.29. The third kappa shape index (κ3) is 2.00. The number of benzene rings is 2. The van der Waals surface area contributed by atoms with E-state index < -0.39 is 0 Å². The van der Waals surface area contributed by atoms with E-state index in [0.29, 0.717) is 11.6 Å². The molecule has 22 heavy (non-hydrogen) atoms. The standard InChI is InChI=1S/C19H18FNO/c1-22-13-6-2-5-12(11-13)18-15-8-3-7-14(15)16-9-4-10-17(20)19(16)21-18/h2-7,9-11,14-15,18,21H,8H2,1H3/t14-,15+,18+/m1/s1. The van der Waals surface area contributed by atoms with E-state index in [2.05, 4.69) is 23.5 Å². The molecule has 0 bridgehead atoms. The molecule has 0 aromatic heterocycles. The van der Waals surface area contributed by atoms with Gasteiger partial charge < -0.3 is 10.1 Å². The molecule has 0 saturated carbocycles. The highest BCUT2D eigenvalue weighted by molar-refractivity contribution is 5.60. The monoisotopic (exact) mass is 295 g/mol. The number of fused-ring (bicyclic) bond motifs is 3. The van der Waals surface area contributed by atoms with Gasteiger partial charge in [0.05, 0.1) is 18.8 Å². The van der Waals surface area contributed by atoms with Crippen molar-refractivity contribution in [2.75, 3.05) is 12.4 Å². The van der Waals surface area contributed by atoms with Crippen LogP contribution in [0.4, 0.5) is 10.1 Å². The molecule has 0 amide bonds. The fourth-order valence-corrected chi connectivity index (χ4v) is 3.75. The smallest absolute Gasteiger partial charge is 0.146 e. The fourth-order valence-electron chi connectivity index (χ4n) is 3.75. The molecular formula is C19H18FNO. The first kappa shape index (κ1) is 13.4. The van der Waals surface area contributed by atoms with Crippen molar-refractivity contribution < 1.29 is 9.13 Å². The second-order valence-electron chi connectivity index (χ2n) is 5.96. The van der Waals surface area contributed by atoms with Gasteiger partial charge in [-0.05, 0) is 41.7 Å². The van der Waals surface area contributed by atoms with Gasteiger partial charge in [0.15, 0.2) is 0 Å². The molecule has 1 aliphatic carbocycles. The quantitative estimate of drug-likeness (QED) is 0.814. The van der Waals surface area contributed by atoms with E-state index in [-0.39, 0.29) is 17.8 Å². The Morgan fingerprint density at radius 3 is 2.91 bits per heavy atom. The van der Waals surface area contributed by atoms with E-state index in [0.717, 1.165) is 23.3 Å². The van der Waals surface area contributed by atoms with Crippen LogP contribution in [0.3, 0.4) is 0 Å². The number of hydrogen-bond donors (Lipinski definition) is 1. The highest BCUT2D eigenvalue weighted by Gasteiger charge is 2.38. The van der Waals surface area contributed by atoms with Crippen molar-refractivity contribution in [1.82, 2.24) is 0 Å². The number of ether oxygens (including phenoxy) is 1. The summed E-state index contributed by atoms with van der Waals surface area (Å²) in [6, 6.07) is 13.5. The first-order valence-corrected chi connectivity index (χ1v) is 7.63. The van der Waals surface area contributed by atoms with E-state index in [9.17, 15) is 4.39 Å². The largest absolute Gasteiger partial charge is 0.497 e. The summed E-state index contributed by atoms with van der Waals surface area (Å²) in [5, 5.41) is 3.43. The molecule has 1 aliphatic heterocycles. The van der Waals surface area contributed by atoms with Gasteiger partial charge in [-0.15, -0.1) is 0 Å². The number of halogens is 1. The Morgan fingerprint density at radius 2 is 2.05 bits per heavy atom. The molecule has 0 spiro atoms. The highest BCUT2D eigenvalue weighted by atomic mass is 19.1. The fraction of sp³-hybridized carbons (Fsp3) is 0.263. The molecule has 0 fully saturated rings. The minimum Gasteiger partial charge on any atom is -0.497 e. The number of anilines is 1. The van der Waals surface area contributed by atoms with Gasteiger partial charge in [-0.25, -0.2) is 4.39 Å². The Kier molecular flexibility index (Phi) is 3.14. The van der Waals surface area contributed by atoms with Crippen LogP contribution in [0.25, 0.3) is 0 Å². The molecule has 4 rings (SSSR count). The zero-order valence-corrected chi connectivity index (χ0v) is 12.4. The van der Waals surface area contributed by atoms with E-state index >= 15 is 0 Å². The molecule has 2 aliphatic rings. The topological polar surface area (TPSA) is 21.3 Å². The molecule has 2 aromatic rings. The lowest BCUT2D eigenvalue weighted by Gasteiger charge is -2.37. The van der Waals surface area contributed by atoms with Crippen LogP contribution < -0.4 is 10.1 Å². The van der Waals surface area contributed by atoms with Gasteiger partial charge in [-0.3, -0.25) is 0 Å². The van der Waals surface area contributed by atoms with E-state index in [4.69, 9.17) is 4.74 Å². The molecule has 2 nitrogen and oxygen atoms in total. The molecule has 2 aromatic carbocycles. The number of methoxy groups -OCH3 is 1. The number of para-hydroxylation sites is 1. The number of allylic oxidation sites excluding steroid dienone is 2. The number of hydrogen-bond acceptors (Lipinski definition) is 2. The van der Waals surface area contributed by atoms with Crippen LogP contribution in [0, 0.1) is 11.7 Å². The Labute approximate surface area is 129 Å². The Bertz CT molecular complexity index is 740. The molecule has 112 valence electrons. The summed E-state index contributed by atoms with van der Waals surface area (Å²) in [5.41, 5.74) is 2.85. The summed E-state index contributed by atoms with van der Waals surface area (Å²) in [6.45, 7) is 0. The van der Waals surface area contributed by atoms with Gasteiger partial charge in [0.2, 0.25) is 0 Å².